The fourth-order valence-electron chi connectivity index (χ4n) is 2.96. The van der Waals surface area contributed by atoms with Crippen molar-refractivity contribution in [1.82, 2.24) is 10.3 Å². The van der Waals surface area contributed by atoms with Gasteiger partial charge in [0.2, 0.25) is 5.91 Å². The first-order valence-corrected chi connectivity index (χ1v) is 8.04. The van der Waals surface area contributed by atoms with Crippen molar-refractivity contribution in [2.75, 3.05) is 7.11 Å². The molecule has 1 aromatic heterocycles. The van der Waals surface area contributed by atoms with E-state index in [1.807, 2.05) is 50.2 Å². The van der Waals surface area contributed by atoms with Crippen LogP contribution in [0.25, 0.3) is 10.9 Å². The molecular formula is C20H22N2O2. The van der Waals surface area contributed by atoms with Crippen LogP contribution in [0.4, 0.5) is 0 Å². The van der Waals surface area contributed by atoms with Crippen LogP contribution in [0.3, 0.4) is 0 Å². The molecule has 0 spiro atoms. The predicted molar refractivity (Wildman–Crippen MR) is 96.3 cm³/mol. The van der Waals surface area contributed by atoms with Gasteiger partial charge in [0.05, 0.1) is 13.5 Å². The molecule has 0 saturated heterocycles. The highest BCUT2D eigenvalue weighted by atomic mass is 16.5. The van der Waals surface area contributed by atoms with Gasteiger partial charge in [-0.05, 0) is 43.2 Å². The average molecular weight is 322 g/mol. The number of fused-ring (bicyclic) bond motifs is 1. The highest BCUT2D eigenvalue weighted by Gasteiger charge is 2.13. The number of amides is 1. The second kappa shape index (κ2) is 6.79. The third-order valence-electron chi connectivity index (χ3n) is 4.24. The Hall–Kier alpha value is -2.75. The van der Waals surface area contributed by atoms with Crippen molar-refractivity contribution in [3.8, 4) is 5.75 Å². The van der Waals surface area contributed by atoms with Crippen LogP contribution in [0.15, 0.2) is 42.5 Å². The number of aromatic nitrogens is 1. The van der Waals surface area contributed by atoms with Gasteiger partial charge in [0.15, 0.2) is 0 Å². The Morgan fingerprint density at radius 2 is 2.00 bits per heavy atom. The number of hydrogen-bond donors (Lipinski definition) is 2. The van der Waals surface area contributed by atoms with E-state index in [2.05, 4.69) is 16.4 Å². The molecule has 3 rings (SSSR count). The molecule has 24 heavy (non-hydrogen) atoms. The van der Waals surface area contributed by atoms with Crippen molar-refractivity contribution in [1.29, 1.82) is 0 Å². The highest BCUT2D eigenvalue weighted by molar-refractivity contribution is 5.91. The number of H-pyrrole nitrogens is 1. The minimum atomic E-state index is 0.0170. The maximum atomic E-state index is 12.4. The Kier molecular flexibility index (Phi) is 4.56. The number of carbonyl (C=O) groups excluding carboxylic acids is 1. The summed E-state index contributed by atoms with van der Waals surface area (Å²) >= 11 is 0. The van der Waals surface area contributed by atoms with Gasteiger partial charge in [0.25, 0.3) is 0 Å². The summed E-state index contributed by atoms with van der Waals surface area (Å²) < 4.78 is 5.29. The van der Waals surface area contributed by atoms with Crippen LogP contribution < -0.4 is 10.1 Å². The number of benzene rings is 2. The lowest BCUT2D eigenvalue weighted by molar-refractivity contribution is -0.120. The van der Waals surface area contributed by atoms with Gasteiger partial charge < -0.3 is 15.0 Å². The van der Waals surface area contributed by atoms with Gasteiger partial charge in [0.1, 0.15) is 5.75 Å². The van der Waals surface area contributed by atoms with Crippen LogP contribution in [0.5, 0.6) is 5.75 Å². The van der Waals surface area contributed by atoms with E-state index in [0.717, 1.165) is 33.5 Å². The van der Waals surface area contributed by atoms with E-state index in [1.54, 1.807) is 7.11 Å². The van der Waals surface area contributed by atoms with Gasteiger partial charge in [-0.15, -0.1) is 0 Å². The molecular weight excluding hydrogens is 300 g/mol. The standard InChI is InChI=1S/C20H22N2O2/c1-13-5-4-6-15(9-13)12-21-20(23)11-17-14(2)22-19-8-7-16(24-3)10-18(17)19/h4-10,22H,11-12H2,1-3H3,(H,21,23). The van der Waals surface area contributed by atoms with Crippen molar-refractivity contribution in [3.05, 3.63) is 64.8 Å². The van der Waals surface area contributed by atoms with Gasteiger partial charge in [-0.2, -0.15) is 0 Å². The van der Waals surface area contributed by atoms with Crippen molar-refractivity contribution in [2.45, 2.75) is 26.8 Å². The van der Waals surface area contributed by atoms with Crippen LogP contribution in [0.1, 0.15) is 22.4 Å². The fourth-order valence-corrected chi connectivity index (χ4v) is 2.96. The summed E-state index contributed by atoms with van der Waals surface area (Å²) in [6.45, 7) is 4.59. The maximum absolute atomic E-state index is 12.4. The molecule has 0 bridgehead atoms. The second-order valence-corrected chi connectivity index (χ2v) is 6.08. The molecule has 124 valence electrons. The Balaban J connectivity index is 1.74. The van der Waals surface area contributed by atoms with Crippen molar-refractivity contribution in [2.24, 2.45) is 0 Å². The van der Waals surface area contributed by atoms with E-state index in [9.17, 15) is 4.79 Å². The van der Waals surface area contributed by atoms with Crippen LogP contribution in [0.2, 0.25) is 0 Å². The summed E-state index contributed by atoms with van der Waals surface area (Å²) in [5.41, 5.74) is 5.37. The Bertz CT molecular complexity index is 880. The lowest BCUT2D eigenvalue weighted by Crippen LogP contribution is -2.24. The fraction of sp³-hybridized carbons (Fsp3) is 0.250. The molecule has 0 aliphatic rings. The molecule has 3 aromatic rings. The summed E-state index contributed by atoms with van der Waals surface area (Å²) in [6, 6.07) is 14.0. The van der Waals surface area contributed by atoms with Crippen molar-refractivity contribution in [3.63, 3.8) is 0 Å². The van der Waals surface area contributed by atoms with Gasteiger partial charge in [0, 0.05) is 23.1 Å². The van der Waals surface area contributed by atoms with E-state index < -0.39 is 0 Å². The zero-order valence-corrected chi connectivity index (χ0v) is 14.3. The Labute approximate surface area is 141 Å². The van der Waals surface area contributed by atoms with Crippen LogP contribution in [-0.2, 0) is 17.8 Å². The molecule has 0 aliphatic heterocycles. The Morgan fingerprint density at radius 3 is 2.75 bits per heavy atom. The van der Waals surface area contributed by atoms with Crippen molar-refractivity contribution < 1.29 is 9.53 Å². The number of hydrogen-bond acceptors (Lipinski definition) is 2. The normalized spacial score (nSPS) is 10.8. The summed E-state index contributed by atoms with van der Waals surface area (Å²) in [7, 11) is 1.65. The van der Waals surface area contributed by atoms with E-state index in [4.69, 9.17) is 4.74 Å². The van der Waals surface area contributed by atoms with Crippen LogP contribution in [-0.4, -0.2) is 18.0 Å². The smallest absolute Gasteiger partial charge is 0.224 e. The van der Waals surface area contributed by atoms with Crippen LogP contribution in [0, 0.1) is 13.8 Å². The number of carbonyl (C=O) groups is 1. The van der Waals surface area contributed by atoms with Crippen LogP contribution >= 0.6 is 0 Å². The summed E-state index contributed by atoms with van der Waals surface area (Å²) in [4.78, 5) is 15.7. The topological polar surface area (TPSA) is 54.1 Å². The van der Waals surface area contributed by atoms with Crippen molar-refractivity contribution >= 4 is 16.8 Å². The van der Waals surface area contributed by atoms with E-state index in [0.29, 0.717) is 13.0 Å². The molecule has 4 heteroatoms. The number of rotatable bonds is 5. The zero-order chi connectivity index (χ0) is 17.1. The summed E-state index contributed by atoms with van der Waals surface area (Å²) in [5.74, 6) is 0.811. The molecule has 0 radical (unpaired) electrons. The van der Waals surface area contributed by atoms with Gasteiger partial charge >= 0.3 is 0 Å². The van der Waals surface area contributed by atoms with Gasteiger partial charge in [-0.25, -0.2) is 0 Å². The van der Waals surface area contributed by atoms with E-state index in [1.165, 1.54) is 5.56 Å². The average Bonchev–Trinajstić information content (AvgIpc) is 2.88. The number of aryl methyl sites for hydroxylation is 2. The number of nitrogens with one attached hydrogen (secondary N) is 2. The first-order valence-electron chi connectivity index (χ1n) is 8.04. The first-order chi connectivity index (χ1) is 11.6. The quantitative estimate of drug-likeness (QED) is 0.753. The molecule has 4 nitrogen and oxygen atoms in total. The second-order valence-electron chi connectivity index (χ2n) is 6.08. The Morgan fingerprint density at radius 1 is 1.17 bits per heavy atom. The lowest BCUT2D eigenvalue weighted by atomic mass is 10.1. The van der Waals surface area contributed by atoms with Gasteiger partial charge in [-0.1, -0.05) is 29.8 Å². The molecule has 2 aromatic carbocycles. The number of aromatic amines is 1. The SMILES string of the molecule is COc1ccc2[nH]c(C)c(CC(=O)NCc3cccc(C)c3)c2c1. The first kappa shape index (κ1) is 16.1. The molecule has 0 fully saturated rings. The molecule has 1 amide bonds. The molecule has 2 N–H and O–H groups in total. The summed E-state index contributed by atoms with van der Waals surface area (Å²) in [5, 5.41) is 4.04. The molecule has 1 heterocycles. The lowest BCUT2D eigenvalue weighted by Gasteiger charge is -2.07. The highest BCUT2D eigenvalue weighted by Crippen LogP contribution is 2.26. The minimum Gasteiger partial charge on any atom is -0.497 e. The zero-order valence-electron chi connectivity index (χ0n) is 14.3. The number of ether oxygens (including phenoxy) is 1. The molecule has 0 unspecified atom stereocenters. The third-order valence-corrected chi connectivity index (χ3v) is 4.24. The van der Waals surface area contributed by atoms with Gasteiger partial charge in [-0.3, -0.25) is 4.79 Å². The maximum Gasteiger partial charge on any atom is 0.224 e. The monoisotopic (exact) mass is 322 g/mol. The minimum absolute atomic E-state index is 0.0170. The largest absolute Gasteiger partial charge is 0.497 e. The molecule has 0 aliphatic carbocycles. The molecule has 0 atom stereocenters. The summed E-state index contributed by atoms with van der Waals surface area (Å²) in [6.07, 6.45) is 0.352. The predicted octanol–water partition coefficient (Wildman–Crippen LogP) is 3.65. The van der Waals surface area contributed by atoms with E-state index in [-0.39, 0.29) is 5.91 Å². The van der Waals surface area contributed by atoms with E-state index >= 15 is 0 Å². The third kappa shape index (κ3) is 3.43. The number of methoxy groups -OCH3 is 1. The molecule has 0 saturated carbocycles.